The monoisotopic (exact) mass is 672 g/mol. The van der Waals surface area contributed by atoms with Gasteiger partial charge in [0, 0.05) is 63.2 Å². The number of hydrogen-bond acceptors (Lipinski definition) is 9. The van der Waals surface area contributed by atoms with Crippen LogP contribution in [0.25, 0.3) is 10.9 Å². The fourth-order valence-corrected chi connectivity index (χ4v) is 5.63. The number of nitrogens with one attached hydrogen (secondary N) is 2. The number of pyridine rings is 1. The summed E-state index contributed by atoms with van der Waals surface area (Å²) in [6.45, 7) is 4.91. The maximum Gasteiger partial charge on any atom is 0.409 e. The number of carbonyl (C=O) groups is 6. The topological polar surface area (TPSA) is 188 Å². The van der Waals surface area contributed by atoms with Crippen LogP contribution in [-0.4, -0.2) is 125 Å². The van der Waals surface area contributed by atoms with E-state index in [4.69, 9.17) is 9.47 Å². The van der Waals surface area contributed by atoms with Crippen LogP contribution in [-0.2, 0) is 23.9 Å². The first-order chi connectivity index (χ1) is 23.0. The Morgan fingerprint density at radius 3 is 2.46 bits per heavy atom. The molecule has 260 valence electrons. The smallest absolute Gasteiger partial charge is 0.409 e. The highest BCUT2D eigenvalue weighted by atomic mass is 19.1. The molecule has 2 fully saturated rings. The van der Waals surface area contributed by atoms with Crippen molar-refractivity contribution in [2.45, 2.75) is 58.0 Å². The number of hydrogen-bond donors (Lipinski definition) is 3. The molecule has 2 aromatic rings. The normalized spacial score (nSPS) is 16.7. The molecule has 3 N–H and O–H groups in total. The Bertz CT molecular complexity index is 1530. The molecular weight excluding hydrogens is 631 g/mol. The first-order valence-corrected chi connectivity index (χ1v) is 16.1. The second-order valence-corrected chi connectivity index (χ2v) is 11.5. The molecule has 5 amide bonds. The fraction of sp³-hybridized carbons (Fsp3) is 0.531. The molecule has 4 rings (SSSR count). The molecule has 0 spiro atoms. The van der Waals surface area contributed by atoms with E-state index in [1.54, 1.807) is 6.92 Å². The standard InChI is InChI=1S/C32H41FN6O9/c1-3-11-34-30(44)25-6-5-12-39(25)27(40)19-48-26-18-24(35-23-17-20(33)7-8-21(23)26)29(43)36-22(9-10-28(41)42)31(45)37-13-15-38(16-14-37)32(46)47-4-2/h7-8,17-18,22,25H,3-6,9-16,19H2,1-2H3,(H,34,44)(H,36,43)(H,41,42). The maximum atomic E-state index is 14.2. The second kappa shape index (κ2) is 16.7. The molecule has 2 unspecified atom stereocenters. The zero-order valence-corrected chi connectivity index (χ0v) is 27.0. The van der Waals surface area contributed by atoms with Crippen molar-refractivity contribution >= 4 is 46.6 Å². The van der Waals surface area contributed by atoms with E-state index in [-0.39, 0.29) is 62.1 Å². The van der Waals surface area contributed by atoms with Crippen LogP contribution in [0.1, 0.15) is 56.4 Å². The molecule has 0 radical (unpaired) electrons. The van der Waals surface area contributed by atoms with E-state index < -0.39 is 60.7 Å². The third kappa shape index (κ3) is 9.07. The lowest BCUT2D eigenvalue weighted by molar-refractivity contribution is -0.140. The van der Waals surface area contributed by atoms with Gasteiger partial charge < -0.3 is 39.9 Å². The average Bonchev–Trinajstić information content (AvgIpc) is 3.57. The summed E-state index contributed by atoms with van der Waals surface area (Å²) in [7, 11) is 0. The van der Waals surface area contributed by atoms with Crippen molar-refractivity contribution in [3.63, 3.8) is 0 Å². The highest BCUT2D eigenvalue weighted by Crippen LogP contribution is 2.27. The Morgan fingerprint density at radius 1 is 1.04 bits per heavy atom. The molecule has 1 aromatic heterocycles. The first kappa shape index (κ1) is 35.8. The summed E-state index contributed by atoms with van der Waals surface area (Å²) < 4.78 is 25.1. The third-order valence-electron chi connectivity index (χ3n) is 8.11. The Labute approximate surface area is 276 Å². The molecule has 48 heavy (non-hydrogen) atoms. The maximum absolute atomic E-state index is 14.2. The van der Waals surface area contributed by atoms with E-state index in [0.29, 0.717) is 31.3 Å². The van der Waals surface area contributed by atoms with Gasteiger partial charge in [0.15, 0.2) is 6.61 Å². The first-order valence-electron chi connectivity index (χ1n) is 16.1. The minimum absolute atomic E-state index is 0.0478. The van der Waals surface area contributed by atoms with Crippen LogP contribution in [0.2, 0.25) is 0 Å². The highest BCUT2D eigenvalue weighted by Gasteiger charge is 2.34. The van der Waals surface area contributed by atoms with E-state index in [9.17, 15) is 38.3 Å². The molecular formula is C32H41FN6O9. The Hall–Kier alpha value is -5.02. The van der Waals surface area contributed by atoms with Gasteiger partial charge in [-0.05, 0) is 44.7 Å². The zero-order chi connectivity index (χ0) is 34.8. The van der Waals surface area contributed by atoms with Gasteiger partial charge in [0.2, 0.25) is 11.8 Å². The molecule has 3 heterocycles. The molecule has 2 aliphatic rings. The van der Waals surface area contributed by atoms with Crippen LogP contribution in [0.5, 0.6) is 5.75 Å². The van der Waals surface area contributed by atoms with Gasteiger partial charge in [-0.3, -0.25) is 24.0 Å². The number of likely N-dealkylation sites (tertiary alicyclic amines) is 1. The van der Waals surface area contributed by atoms with Gasteiger partial charge in [0.05, 0.1) is 12.1 Å². The second-order valence-electron chi connectivity index (χ2n) is 11.5. The van der Waals surface area contributed by atoms with E-state index in [1.807, 2.05) is 6.92 Å². The van der Waals surface area contributed by atoms with Gasteiger partial charge in [-0.2, -0.15) is 0 Å². The van der Waals surface area contributed by atoms with Crippen molar-refractivity contribution in [1.82, 2.24) is 30.3 Å². The lowest BCUT2D eigenvalue weighted by atomic mass is 10.1. The Kier molecular flexibility index (Phi) is 12.5. The number of carbonyl (C=O) groups excluding carboxylic acids is 5. The predicted octanol–water partition coefficient (Wildman–Crippen LogP) is 1.53. The fourth-order valence-electron chi connectivity index (χ4n) is 5.63. The van der Waals surface area contributed by atoms with Crippen molar-refractivity contribution < 1.29 is 47.7 Å². The summed E-state index contributed by atoms with van der Waals surface area (Å²) in [6.07, 6.45) is 0.786. The number of aliphatic carboxylic acids is 1. The summed E-state index contributed by atoms with van der Waals surface area (Å²) in [6, 6.07) is 3.05. The summed E-state index contributed by atoms with van der Waals surface area (Å²) in [4.78, 5) is 84.7. The van der Waals surface area contributed by atoms with E-state index >= 15 is 0 Å². The molecule has 2 aliphatic heterocycles. The van der Waals surface area contributed by atoms with E-state index in [0.717, 1.165) is 12.5 Å². The van der Waals surface area contributed by atoms with Crippen LogP contribution in [0, 0.1) is 5.82 Å². The number of carboxylic acid groups (broad SMARTS) is 1. The lowest BCUT2D eigenvalue weighted by Crippen LogP contribution is -2.56. The number of halogens is 1. The van der Waals surface area contributed by atoms with Crippen molar-refractivity contribution in [1.29, 1.82) is 0 Å². The number of fused-ring (bicyclic) bond motifs is 1. The molecule has 15 nitrogen and oxygen atoms in total. The highest BCUT2D eigenvalue weighted by molar-refractivity contribution is 5.99. The number of aromatic nitrogens is 1. The van der Waals surface area contributed by atoms with E-state index in [1.165, 1.54) is 32.9 Å². The van der Waals surface area contributed by atoms with Crippen molar-refractivity contribution in [2.75, 3.05) is 52.5 Å². The molecule has 16 heteroatoms. The summed E-state index contributed by atoms with van der Waals surface area (Å²) >= 11 is 0. The van der Waals surface area contributed by atoms with Crippen molar-refractivity contribution in [3.8, 4) is 5.75 Å². The molecule has 0 saturated carbocycles. The summed E-state index contributed by atoms with van der Waals surface area (Å²) in [5.74, 6) is -3.82. The molecule has 2 atom stereocenters. The van der Waals surface area contributed by atoms with E-state index in [2.05, 4.69) is 15.6 Å². The number of amides is 5. The number of ether oxygens (including phenoxy) is 2. The minimum Gasteiger partial charge on any atom is -0.483 e. The summed E-state index contributed by atoms with van der Waals surface area (Å²) in [5.41, 5.74) is -0.208. The van der Waals surface area contributed by atoms with Gasteiger partial charge >= 0.3 is 12.1 Å². The zero-order valence-electron chi connectivity index (χ0n) is 27.0. The van der Waals surface area contributed by atoms with Crippen molar-refractivity contribution in [3.05, 3.63) is 35.8 Å². The Morgan fingerprint density at radius 2 is 1.77 bits per heavy atom. The molecule has 2 saturated heterocycles. The van der Waals surface area contributed by atoms with Crippen LogP contribution < -0.4 is 15.4 Å². The van der Waals surface area contributed by atoms with Crippen LogP contribution in [0.15, 0.2) is 24.3 Å². The average molecular weight is 673 g/mol. The van der Waals surface area contributed by atoms with Crippen LogP contribution >= 0.6 is 0 Å². The molecule has 0 bridgehead atoms. The predicted molar refractivity (Wildman–Crippen MR) is 169 cm³/mol. The van der Waals surface area contributed by atoms with Gasteiger partial charge in [0.25, 0.3) is 11.8 Å². The molecule has 1 aromatic carbocycles. The van der Waals surface area contributed by atoms with Crippen LogP contribution in [0.4, 0.5) is 9.18 Å². The van der Waals surface area contributed by atoms with Crippen LogP contribution in [0.3, 0.4) is 0 Å². The lowest BCUT2D eigenvalue weighted by Gasteiger charge is -2.35. The van der Waals surface area contributed by atoms with Gasteiger partial charge in [-0.25, -0.2) is 14.2 Å². The number of rotatable bonds is 13. The number of piperazine rings is 1. The largest absolute Gasteiger partial charge is 0.483 e. The number of nitrogens with zero attached hydrogens (tertiary/aromatic N) is 4. The summed E-state index contributed by atoms with van der Waals surface area (Å²) in [5, 5.41) is 15.0. The minimum atomic E-state index is -1.25. The SMILES string of the molecule is CCCNC(=O)C1CCCN1C(=O)COc1cc(C(=O)NC(CCC(=O)O)C(=O)N2CCN(C(=O)OCC)CC2)nc2cc(F)ccc12. The van der Waals surface area contributed by atoms with Gasteiger partial charge in [-0.1, -0.05) is 6.92 Å². The van der Waals surface area contributed by atoms with Gasteiger partial charge in [0.1, 0.15) is 29.3 Å². The van der Waals surface area contributed by atoms with Crippen molar-refractivity contribution in [2.24, 2.45) is 0 Å². The quantitative estimate of drug-likeness (QED) is 0.282. The third-order valence-corrected chi connectivity index (χ3v) is 8.11. The Balaban J connectivity index is 1.50. The number of benzene rings is 1. The number of carboxylic acids is 1. The van der Waals surface area contributed by atoms with Gasteiger partial charge in [-0.15, -0.1) is 0 Å². The molecule has 0 aliphatic carbocycles.